The van der Waals surface area contributed by atoms with Gasteiger partial charge in [0, 0.05) is 25.2 Å². The van der Waals surface area contributed by atoms with Crippen molar-refractivity contribution in [2.45, 2.75) is 70.3 Å². The van der Waals surface area contributed by atoms with E-state index in [4.69, 9.17) is 5.73 Å². The summed E-state index contributed by atoms with van der Waals surface area (Å²) in [5, 5.41) is 0. The van der Waals surface area contributed by atoms with Gasteiger partial charge in [0.2, 0.25) is 0 Å². The van der Waals surface area contributed by atoms with E-state index in [2.05, 4.69) is 11.8 Å². The van der Waals surface area contributed by atoms with Crippen molar-refractivity contribution in [1.82, 2.24) is 4.90 Å². The molecule has 110 valence electrons. The molecule has 2 nitrogen and oxygen atoms in total. The molecule has 0 amide bonds. The van der Waals surface area contributed by atoms with Gasteiger partial charge in [0.25, 0.3) is 0 Å². The lowest BCUT2D eigenvalue weighted by Crippen LogP contribution is -2.55. The molecule has 3 aliphatic carbocycles. The monoisotopic (exact) mass is 264 g/mol. The predicted octanol–water partition coefficient (Wildman–Crippen LogP) is 3.41. The van der Waals surface area contributed by atoms with E-state index in [0.717, 1.165) is 24.3 Å². The minimum atomic E-state index is 0.357. The first kappa shape index (κ1) is 13.9. The molecular formula is C17H32N2. The van der Waals surface area contributed by atoms with Gasteiger partial charge in [0.1, 0.15) is 0 Å². The normalized spacial score (nSPS) is 36.5. The largest absolute Gasteiger partial charge is 0.329 e. The second-order valence-electron chi connectivity index (χ2n) is 7.76. The molecule has 2 N–H and O–H groups in total. The fraction of sp³-hybridized carbons (Fsp3) is 1.00. The molecule has 3 saturated carbocycles. The summed E-state index contributed by atoms with van der Waals surface area (Å²) in [6.45, 7) is 6.02. The zero-order valence-corrected chi connectivity index (χ0v) is 12.7. The highest BCUT2D eigenvalue weighted by molar-refractivity contribution is 4.97. The fourth-order valence-corrected chi connectivity index (χ4v) is 3.90. The van der Waals surface area contributed by atoms with Crippen molar-refractivity contribution in [3.8, 4) is 0 Å². The summed E-state index contributed by atoms with van der Waals surface area (Å²) in [6.07, 6.45) is 12.8. The molecule has 0 heterocycles. The van der Waals surface area contributed by atoms with Crippen LogP contribution in [0.15, 0.2) is 0 Å². The van der Waals surface area contributed by atoms with Crippen molar-refractivity contribution in [1.29, 1.82) is 0 Å². The van der Waals surface area contributed by atoms with Gasteiger partial charge in [-0.25, -0.2) is 0 Å². The molecule has 2 unspecified atom stereocenters. The third kappa shape index (κ3) is 3.52. The lowest BCUT2D eigenvalue weighted by Gasteiger charge is -2.44. The molecule has 19 heavy (non-hydrogen) atoms. The van der Waals surface area contributed by atoms with Crippen LogP contribution in [-0.2, 0) is 0 Å². The SMILES string of the molecule is CC1CCCC(CN)(N(CC2CC2)CC2CC2)CC1. The zero-order chi connectivity index (χ0) is 13.3. The summed E-state index contributed by atoms with van der Waals surface area (Å²) in [7, 11) is 0. The van der Waals surface area contributed by atoms with Crippen LogP contribution < -0.4 is 5.73 Å². The molecule has 3 fully saturated rings. The van der Waals surface area contributed by atoms with Crippen LogP contribution in [0.3, 0.4) is 0 Å². The van der Waals surface area contributed by atoms with Gasteiger partial charge in [-0.1, -0.05) is 19.8 Å². The minimum absolute atomic E-state index is 0.357. The van der Waals surface area contributed by atoms with Gasteiger partial charge in [-0.15, -0.1) is 0 Å². The quantitative estimate of drug-likeness (QED) is 0.745. The van der Waals surface area contributed by atoms with Gasteiger partial charge >= 0.3 is 0 Å². The van der Waals surface area contributed by atoms with Crippen molar-refractivity contribution < 1.29 is 0 Å². The average Bonchev–Trinajstić information content (AvgIpc) is 3.26. The average molecular weight is 264 g/mol. The van der Waals surface area contributed by atoms with Crippen molar-refractivity contribution >= 4 is 0 Å². The molecule has 2 heteroatoms. The Hall–Kier alpha value is -0.0800. The molecule has 0 aromatic rings. The smallest absolute Gasteiger partial charge is 0.0332 e. The maximum Gasteiger partial charge on any atom is 0.0332 e. The number of hydrogen-bond acceptors (Lipinski definition) is 2. The minimum Gasteiger partial charge on any atom is -0.329 e. The van der Waals surface area contributed by atoms with E-state index in [9.17, 15) is 0 Å². The maximum atomic E-state index is 6.30. The lowest BCUT2D eigenvalue weighted by atomic mass is 9.87. The fourth-order valence-electron chi connectivity index (χ4n) is 3.90. The second-order valence-corrected chi connectivity index (χ2v) is 7.76. The van der Waals surface area contributed by atoms with E-state index < -0.39 is 0 Å². The number of nitrogens with zero attached hydrogens (tertiary/aromatic N) is 1. The summed E-state index contributed by atoms with van der Waals surface area (Å²) < 4.78 is 0. The third-order valence-corrected chi connectivity index (χ3v) is 5.84. The van der Waals surface area contributed by atoms with Crippen molar-refractivity contribution in [3.63, 3.8) is 0 Å². The van der Waals surface area contributed by atoms with Gasteiger partial charge in [-0.05, 0) is 62.7 Å². The Morgan fingerprint density at radius 2 is 1.58 bits per heavy atom. The van der Waals surface area contributed by atoms with Crippen molar-refractivity contribution in [2.75, 3.05) is 19.6 Å². The number of nitrogens with two attached hydrogens (primary N) is 1. The first-order chi connectivity index (χ1) is 9.22. The molecule has 3 rings (SSSR count). The molecule has 0 spiro atoms. The Labute approximate surface area is 119 Å². The van der Waals surface area contributed by atoms with Crippen LogP contribution in [0.1, 0.15) is 64.7 Å². The molecule has 2 atom stereocenters. The van der Waals surface area contributed by atoms with Crippen LogP contribution in [0.2, 0.25) is 0 Å². The maximum absolute atomic E-state index is 6.30. The molecule has 0 aliphatic heterocycles. The van der Waals surface area contributed by atoms with E-state index in [1.54, 1.807) is 0 Å². The van der Waals surface area contributed by atoms with Gasteiger partial charge in [-0.3, -0.25) is 4.90 Å². The van der Waals surface area contributed by atoms with Crippen LogP contribution in [0, 0.1) is 17.8 Å². The Bertz CT molecular complexity index is 282. The highest BCUT2D eigenvalue weighted by atomic mass is 15.2. The van der Waals surface area contributed by atoms with Gasteiger partial charge in [0.05, 0.1) is 0 Å². The highest BCUT2D eigenvalue weighted by Gasteiger charge is 2.41. The standard InChI is InChI=1S/C17H32N2/c1-14-3-2-9-17(13-18,10-8-14)19(11-15-4-5-15)12-16-6-7-16/h14-16H,2-13,18H2,1H3. The molecule has 0 aromatic carbocycles. The van der Waals surface area contributed by atoms with Crippen LogP contribution in [0.25, 0.3) is 0 Å². The van der Waals surface area contributed by atoms with Crippen LogP contribution >= 0.6 is 0 Å². The van der Waals surface area contributed by atoms with E-state index >= 15 is 0 Å². The Morgan fingerprint density at radius 3 is 2.11 bits per heavy atom. The second kappa shape index (κ2) is 5.73. The molecule has 0 radical (unpaired) electrons. The summed E-state index contributed by atoms with van der Waals surface area (Å²) in [4.78, 5) is 2.86. The van der Waals surface area contributed by atoms with Gasteiger partial charge in [-0.2, -0.15) is 0 Å². The first-order valence-corrected chi connectivity index (χ1v) is 8.67. The molecule has 0 saturated heterocycles. The molecule has 0 aromatic heterocycles. The van der Waals surface area contributed by atoms with Crippen molar-refractivity contribution in [3.05, 3.63) is 0 Å². The highest BCUT2D eigenvalue weighted by Crippen LogP contribution is 2.41. The van der Waals surface area contributed by atoms with Gasteiger partial charge in [0.15, 0.2) is 0 Å². The predicted molar refractivity (Wildman–Crippen MR) is 81.1 cm³/mol. The lowest BCUT2D eigenvalue weighted by molar-refractivity contribution is 0.0668. The Kier molecular flexibility index (Phi) is 4.19. The Morgan fingerprint density at radius 1 is 0.947 bits per heavy atom. The summed E-state index contributed by atoms with van der Waals surface area (Å²) >= 11 is 0. The number of rotatable bonds is 6. The van der Waals surface area contributed by atoms with Crippen LogP contribution in [-0.4, -0.2) is 30.1 Å². The van der Waals surface area contributed by atoms with Crippen molar-refractivity contribution in [2.24, 2.45) is 23.5 Å². The van der Waals surface area contributed by atoms with E-state index in [1.165, 1.54) is 70.9 Å². The summed E-state index contributed by atoms with van der Waals surface area (Å²) in [5.41, 5.74) is 6.66. The molecule has 3 aliphatic rings. The summed E-state index contributed by atoms with van der Waals surface area (Å²) in [5.74, 6) is 2.92. The third-order valence-electron chi connectivity index (χ3n) is 5.84. The Balaban J connectivity index is 1.70. The first-order valence-electron chi connectivity index (χ1n) is 8.67. The number of hydrogen-bond donors (Lipinski definition) is 1. The molecule has 0 bridgehead atoms. The summed E-state index contributed by atoms with van der Waals surface area (Å²) in [6, 6.07) is 0. The zero-order valence-electron chi connectivity index (χ0n) is 12.7. The van der Waals surface area contributed by atoms with E-state index in [0.29, 0.717) is 5.54 Å². The van der Waals surface area contributed by atoms with E-state index in [1.807, 2.05) is 0 Å². The van der Waals surface area contributed by atoms with Crippen LogP contribution in [0.5, 0.6) is 0 Å². The van der Waals surface area contributed by atoms with Gasteiger partial charge < -0.3 is 5.73 Å². The van der Waals surface area contributed by atoms with E-state index in [-0.39, 0.29) is 0 Å². The topological polar surface area (TPSA) is 29.3 Å². The molecular weight excluding hydrogens is 232 g/mol. The van der Waals surface area contributed by atoms with Crippen LogP contribution in [0.4, 0.5) is 0 Å².